The van der Waals surface area contributed by atoms with Gasteiger partial charge in [0, 0.05) is 5.02 Å². The van der Waals surface area contributed by atoms with Crippen molar-refractivity contribution in [2.45, 2.75) is 12.5 Å². The molecule has 1 aromatic heterocycles. The fourth-order valence-corrected chi connectivity index (χ4v) is 3.30. The van der Waals surface area contributed by atoms with Crippen LogP contribution in [0.1, 0.15) is 32.5 Å². The van der Waals surface area contributed by atoms with Crippen molar-refractivity contribution in [3.8, 4) is 0 Å². The van der Waals surface area contributed by atoms with Gasteiger partial charge in [0.15, 0.2) is 6.29 Å². The summed E-state index contributed by atoms with van der Waals surface area (Å²) in [6, 6.07) is 7.78. The third kappa shape index (κ3) is 1.99. The number of fused-ring (bicyclic) bond motifs is 1. The quantitative estimate of drug-likeness (QED) is 0.780. The molecule has 1 unspecified atom stereocenters. The van der Waals surface area contributed by atoms with Crippen molar-refractivity contribution >= 4 is 29.2 Å². The van der Waals surface area contributed by atoms with Crippen molar-refractivity contribution in [1.29, 1.82) is 0 Å². The van der Waals surface area contributed by atoms with Crippen molar-refractivity contribution in [2.75, 3.05) is 6.61 Å². The zero-order valence-corrected chi connectivity index (χ0v) is 11.1. The first-order valence-corrected chi connectivity index (χ1v) is 6.98. The van der Waals surface area contributed by atoms with Gasteiger partial charge in [0.25, 0.3) is 0 Å². The van der Waals surface area contributed by atoms with Gasteiger partial charge in [0.2, 0.25) is 0 Å². The number of aldehydes is 1. The van der Waals surface area contributed by atoms with Crippen LogP contribution in [0.3, 0.4) is 0 Å². The van der Waals surface area contributed by atoms with Crippen LogP contribution >= 0.6 is 22.9 Å². The highest BCUT2D eigenvalue weighted by atomic mass is 35.5. The average Bonchev–Trinajstić information content (AvgIpc) is 2.87. The number of halogens is 1. The summed E-state index contributed by atoms with van der Waals surface area (Å²) >= 11 is 7.66. The van der Waals surface area contributed by atoms with Crippen LogP contribution in [0.5, 0.6) is 0 Å². The van der Waals surface area contributed by atoms with Gasteiger partial charge in [-0.25, -0.2) is 0 Å². The Morgan fingerprint density at radius 3 is 3.11 bits per heavy atom. The van der Waals surface area contributed by atoms with Gasteiger partial charge in [-0.15, -0.1) is 11.3 Å². The monoisotopic (exact) mass is 278 g/mol. The summed E-state index contributed by atoms with van der Waals surface area (Å²) in [5.41, 5.74) is 3.31. The molecule has 4 heteroatoms. The zero-order chi connectivity index (χ0) is 12.5. The van der Waals surface area contributed by atoms with Gasteiger partial charge < -0.3 is 4.74 Å². The third-order valence-electron chi connectivity index (χ3n) is 3.13. The van der Waals surface area contributed by atoms with Crippen molar-refractivity contribution in [3.05, 3.63) is 56.2 Å². The van der Waals surface area contributed by atoms with Gasteiger partial charge in [0.05, 0.1) is 11.5 Å². The predicted molar refractivity (Wildman–Crippen MR) is 72.7 cm³/mol. The fraction of sp³-hybridized carbons (Fsp3) is 0.214. The summed E-state index contributed by atoms with van der Waals surface area (Å²) in [4.78, 5) is 11.5. The summed E-state index contributed by atoms with van der Waals surface area (Å²) in [6.07, 6.45) is 1.61. The lowest BCUT2D eigenvalue weighted by atomic mass is 9.94. The molecule has 2 nitrogen and oxygen atoms in total. The fourth-order valence-electron chi connectivity index (χ4n) is 2.30. The number of rotatable bonds is 2. The summed E-state index contributed by atoms with van der Waals surface area (Å²) in [5.74, 6) is 0. The van der Waals surface area contributed by atoms with Crippen LogP contribution in [0.2, 0.25) is 5.02 Å². The highest BCUT2D eigenvalue weighted by Gasteiger charge is 2.24. The van der Waals surface area contributed by atoms with Crippen LogP contribution in [-0.2, 0) is 11.2 Å². The molecule has 0 spiro atoms. The van der Waals surface area contributed by atoms with Crippen LogP contribution in [0.15, 0.2) is 29.6 Å². The van der Waals surface area contributed by atoms with Gasteiger partial charge >= 0.3 is 0 Å². The molecule has 0 amide bonds. The van der Waals surface area contributed by atoms with Crippen LogP contribution in [0.4, 0.5) is 0 Å². The van der Waals surface area contributed by atoms with E-state index in [2.05, 4.69) is 0 Å². The van der Waals surface area contributed by atoms with E-state index in [1.54, 1.807) is 0 Å². The maximum atomic E-state index is 10.8. The molecule has 0 bridgehead atoms. The SMILES string of the molecule is O=Cc1cc(C2OCCc3c(Cl)cccc32)cs1. The molecule has 1 aliphatic rings. The Balaban J connectivity index is 2.05. The van der Waals surface area contributed by atoms with E-state index in [1.165, 1.54) is 11.3 Å². The van der Waals surface area contributed by atoms with Gasteiger partial charge in [0.1, 0.15) is 6.10 Å². The van der Waals surface area contributed by atoms with Crippen LogP contribution in [0.25, 0.3) is 0 Å². The molecule has 0 fully saturated rings. The van der Waals surface area contributed by atoms with Gasteiger partial charge in [-0.3, -0.25) is 4.79 Å². The Hall–Kier alpha value is -1.16. The Morgan fingerprint density at radius 2 is 2.33 bits per heavy atom. The summed E-state index contributed by atoms with van der Waals surface area (Å²) in [5, 5.41) is 2.77. The number of carbonyl (C=O) groups excluding carboxylic acids is 1. The predicted octanol–water partition coefficient (Wildman–Crippen LogP) is 3.88. The molecule has 2 aromatic rings. The van der Waals surface area contributed by atoms with Crippen molar-refractivity contribution in [1.82, 2.24) is 0 Å². The zero-order valence-electron chi connectivity index (χ0n) is 9.56. The Bertz CT molecular complexity index is 591. The first-order valence-electron chi connectivity index (χ1n) is 5.72. The molecule has 1 aromatic carbocycles. The van der Waals surface area contributed by atoms with Crippen molar-refractivity contribution in [2.24, 2.45) is 0 Å². The van der Waals surface area contributed by atoms with Crippen LogP contribution in [-0.4, -0.2) is 12.9 Å². The lowest BCUT2D eigenvalue weighted by molar-refractivity contribution is 0.0701. The molecule has 1 atom stereocenters. The Morgan fingerprint density at radius 1 is 1.44 bits per heavy atom. The van der Waals surface area contributed by atoms with Gasteiger partial charge in [-0.2, -0.15) is 0 Å². The highest BCUT2D eigenvalue weighted by Crippen LogP contribution is 2.37. The smallest absolute Gasteiger partial charge is 0.160 e. The largest absolute Gasteiger partial charge is 0.368 e. The molecular weight excluding hydrogens is 268 g/mol. The third-order valence-corrected chi connectivity index (χ3v) is 4.36. The minimum Gasteiger partial charge on any atom is -0.368 e. The lowest BCUT2D eigenvalue weighted by Crippen LogP contribution is -2.17. The summed E-state index contributed by atoms with van der Waals surface area (Å²) in [7, 11) is 0. The van der Waals surface area contributed by atoms with Crippen molar-refractivity contribution in [3.63, 3.8) is 0 Å². The van der Waals surface area contributed by atoms with E-state index >= 15 is 0 Å². The molecule has 18 heavy (non-hydrogen) atoms. The number of ether oxygens (including phenoxy) is 1. The first-order chi connectivity index (χ1) is 8.79. The van der Waals surface area contributed by atoms with Gasteiger partial charge in [-0.05, 0) is 40.6 Å². The van der Waals surface area contributed by atoms with Gasteiger partial charge in [-0.1, -0.05) is 23.7 Å². The molecule has 0 N–H and O–H groups in total. The molecule has 1 aliphatic heterocycles. The van der Waals surface area contributed by atoms with Crippen LogP contribution in [0, 0.1) is 0 Å². The maximum Gasteiger partial charge on any atom is 0.160 e. The molecular formula is C14H11ClO2S. The molecule has 2 heterocycles. The molecule has 3 rings (SSSR count). The number of hydrogen-bond donors (Lipinski definition) is 0. The van der Waals surface area contributed by atoms with E-state index in [-0.39, 0.29) is 6.10 Å². The normalized spacial score (nSPS) is 18.4. The van der Waals surface area contributed by atoms with E-state index in [9.17, 15) is 4.79 Å². The van der Waals surface area contributed by atoms with E-state index < -0.39 is 0 Å². The molecule has 0 saturated heterocycles. The van der Waals surface area contributed by atoms with E-state index in [1.807, 2.05) is 29.6 Å². The summed E-state index contributed by atoms with van der Waals surface area (Å²) in [6.45, 7) is 0.660. The molecule has 0 radical (unpaired) electrons. The van der Waals surface area contributed by atoms with Crippen LogP contribution < -0.4 is 0 Å². The molecule has 0 aliphatic carbocycles. The number of carbonyl (C=O) groups is 1. The first kappa shape index (κ1) is 11.9. The minimum absolute atomic E-state index is 0.0996. The molecule has 0 saturated carbocycles. The van der Waals surface area contributed by atoms with Crippen molar-refractivity contribution < 1.29 is 9.53 Å². The number of benzene rings is 1. The minimum atomic E-state index is -0.0996. The highest BCUT2D eigenvalue weighted by molar-refractivity contribution is 7.11. The van der Waals surface area contributed by atoms with E-state index in [0.29, 0.717) is 6.61 Å². The van der Waals surface area contributed by atoms with E-state index in [4.69, 9.17) is 16.3 Å². The van der Waals surface area contributed by atoms with E-state index in [0.717, 1.165) is 39.3 Å². The topological polar surface area (TPSA) is 26.3 Å². The Kier molecular flexibility index (Phi) is 3.20. The average molecular weight is 279 g/mol. The second-order valence-corrected chi connectivity index (χ2v) is 5.56. The second kappa shape index (κ2) is 4.84. The number of thiophene rings is 1. The second-order valence-electron chi connectivity index (χ2n) is 4.21. The Labute approximate surface area is 114 Å². The number of hydrogen-bond acceptors (Lipinski definition) is 3. The molecule has 92 valence electrons. The summed E-state index contributed by atoms with van der Waals surface area (Å²) < 4.78 is 5.84. The standard InChI is InChI=1S/C14H11ClO2S/c15-13-3-1-2-12-11(13)4-5-17-14(12)9-6-10(7-16)18-8-9/h1-3,6-8,14H,4-5H2. The lowest BCUT2D eigenvalue weighted by Gasteiger charge is -2.26. The maximum absolute atomic E-state index is 10.8.